The van der Waals surface area contributed by atoms with E-state index >= 15 is 0 Å². The van der Waals surface area contributed by atoms with Crippen molar-refractivity contribution < 1.29 is 14.3 Å². The number of ether oxygens (including phenoxy) is 1. The molecule has 1 saturated heterocycles. The lowest BCUT2D eigenvalue weighted by molar-refractivity contribution is -0.120. The normalized spacial score (nSPS) is 13.7. The first-order chi connectivity index (χ1) is 17.0. The molecule has 0 radical (unpaired) electrons. The molecule has 1 aliphatic rings. The highest BCUT2D eigenvalue weighted by molar-refractivity contribution is 7.18. The number of amides is 2. The molecule has 1 fully saturated rings. The summed E-state index contributed by atoms with van der Waals surface area (Å²) in [6.07, 6.45) is 0.267. The highest BCUT2D eigenvalue weighted by Gasteiger charge is 2.16. The minimum absolute atomic E-state index is 0.0515. The first-order valence-electron chi connectivity index (χ1n) is 11.6. The number of aromatic nitrogens is 2. The Balaban J connectivity index is 1.19. The van der Waals surface area contributed by atoms with E-state index in [1.165, 1.54) is 16.9 Å². The molecule has 2 aromatic heterocycles. The Hall–Kier alpha value is -3.69. The lowest BCUT2D eigenvalue weighted by atomic mass is 10.1. The number of nitrogens with zero attached hydrogens (tertiary/aromatic N) is 2. The zero-order chi connectivity index (χ0) is 24.2. The molecule has 0 saturated carbocycles. The Bertz CT molecular complexity index is 1320. The van der Waals surface area contributed by atoms with Crippen LogP contribution in [0.25, 0.3) is 10.2 Å². The van der Waals surface area contributed by atoms with Crippen molar-refractivity contribution in [1.29, 1.82) is 0 Å². The van der Waals surface area contributed by atoms with Crippen molar-refractivity contribution in [3.8, 4) is 0 Å². The molecule has 1 aliphatic heterocycles. The van der Waals surface area contributed by atoms with Crippen LogP contribution >= 0.6 is 11.3 Å². The first kappa shape index (κ1) is 23.1. The van der Waals surface area contributed by atoms with E-state index in [-0.39, 0.29) is 18.2 Å². The molecule has 0 aliphatic carbocycles. The summed E-state index contributed by atoms with van der Waals surface area (Å²) in [4.78, 5) is 29.1. The number of H-pyrrole nitrogens is 1. The fraction of sp³-hybridized carbons (Fsp3) is 0.269. The zero-order valence-corrected chi connectivity index (χ0v) is 20.3. The first-order valence-corrected chi connectivity index (χ1v) is 12.4. The van der Waals surface area contributed by atoms with Gasteiger partial charge in [0, 0.05) is 35.8 Å². The zero-order valence-electron chi connectivity index (χ0n) is 19.5. The van der Waals surface area contributed by atoms with Crippen molar-refractivity contribution in [2.75, 3.05) is 36.5 Å². The standard InChI is InChI=1S/C26H27N5O3S/c1-17-2-4-18(5-3-17)16-27-23(32)15-21-14-22-24(29-30-26(22)35-21)28-25(33)19-6-8-20(9-7-19)31-10-12-34-13-11-31/h2-9,14H,10-13,15-16H2,1H3,(H,27,32)(H2,28,29,30,33). The van der Waals surface area contributed by atoms with Gasteiger partial charge in [-0.15, -0.1) is 11.3 Å². The minimum Gasteiger partial charge on any atom is -0.378 e. The second kappa shape index (κ2) is 10.3. The van der Waals surface area contributed by atoms with Crippen LogP contribution < -0.4 is 15.5 Å². The summed E-state index contributed by atoms with van der Waals surface area (Å²) in [6.45, 7) is 5.66. The SMILES string of the molecule is Cc1ccc(CNC(=O)Cc2cc3c(NC(=O)c4ccc(N5CCOCC5)cc4)[nH]nc3s2)cc1. The van der Waals surface area contributed by atoms with Gasteiger partial charge in [0.1, 0.15) is 10.6 Å². The molecule has 0 spiro atoms. The quantitative estimate of drug-likeness (QED) is 0.366. The molecule has 2 aromatic carbocycles. The Kier molecular flexibility index (Phi) is 6.78. The van der Waals surface area contributed by atoms with Gasteiger partial charge in [0.2, 0.25) is 5.91 Å². The predicted octanol–water partition coefficient (Wildman–Crippen LogP) is 3.88. The average molecular weight is 490 g/mol. The predicted molar refractivity (Wildman–Crippen MR) is 138 cm³/mol. The van der Waals surface area contributed by atoms with E-state index in [1.807, 2.05) is 61.5 Å². The van der Waals surface area contributed by atoms with Gasteiger partial charge in [0.15, 0.2) is 0 Å². The van der Waals surface area contributed by atoms with Gasteiger partial charge in [-0.1, -0.05) is 29.8 Å². The van der Waals surface area contributed by atoms with Crippen molar-refractivity contribution in [3.05, 3.63) is 76.2 Å². The van der Waals surface area contributed by atoms with E-state index in [0.717, 1.165) is 52.6 Å². The molecular weight excluding hydrogens is 462 g/mol. The summed E-state index contributed by atoms with van der Waals surface area (Å²) >= 11 is 1.44. The molecule has 5 rings (SSSR count). The number of nitrogens with one attached hydrogen (secondary N) is 3. The highest BCUT2D eigenvalue weighted by atomic mass is 32.1. The topological polar surface area (TPSA) is 99.4 Å². The fourth-order valence-corrected chi connectivity index (χ4v) is 4.99. The van der Waals surface area contributed by atoms with Gasteiger partial charge in [-0.05, 0) is 42.8 Å². The number of carbonyl (C=O) groups excluding carboxylic acids is 2. The van der Waals surface area contributed by atoms with Crippen molar-refractivity contribution in [2.45, 2.75) is 19.9 Å². The third-order valence-electron chi connectivity index (χ3n) is 5.99. The molecular formula is C26H27N5O3S. The maximum atomic E-state index is 12.8. The molecule has 0 bridgehead atoms. The number of hydrogen-bond donors (Lipinski definition) is 3. The largest absolute Gasteiger partial charge is 0.378 e. The number of anilines is 2. The van der Waals surface area contributed by atoms with Gasteiger partial charge in [-0.3, -0.25) is 14.7 Å². The van der Waals surface area contributed by atoms with Gasteiger partial charge in [-0.25, -0.2) is 0 Å². The van der Waals surface area contributed by atoms with Crippen LogP contribution in [0.5, 0.6) is 0 Å². The second-order valence-electron chi connectivity index (χ2n) is 8.57. The summed E-state index contributed by atoms with van der Waals surface area (Å²) in [5, 5.41) is 13.9. The van der Waals surface area contributed by atoms with Crippen molar-refractivity contribution >= 4 is 44.9 Å². The number of carbonyl (C=O) groups is 2. The molecule has 4 aromatic rings. The molecule has 0 unspecified atom stereocenters. The number of rotatable bonds is 7. The Labute approximate surface area is 207 Å². The fourth-order valence-electron chi connectivity index (χ4n) is 4.00. The number of thiophene rings is 1. The number of benzene rings is 2. The number of hydrogen-bond acceptors (Lipinski definition) is 6. The monoisotopic (exact) mass is 489 g/mol. The maximum absolute atomic E-state index is 12.8. The summed E-state index contributed by atoms with van der Waals surface area (Å²) in [7, 11) is 0. The Morgan fingerprint density at radius 2 is 1.83 bits per heavy atom. The van der Waals surface area contributed by atoms with Gasteiger partial charge in [0.25, 0.3) is 5.91 Å². The highest BCUT2D eigenvalue weighted by Crippen LogP contribution is 2.30. The van der Waals surface area contributed by atoms with Crippen molar-refractivity contribution in [1.82, 2.24) is 15.5 Å². The smallest absolute Gasteiger partial charge is 0.256 e. The van der Waals surface area contributed by atoms with Gasteiger partial charge < -0.3 is 20.3 Å². The van der Waals surface area contributed by atoms with Crippen LogP contribution in [-0.2, 0) is 22.5 Å². The maximum Gasteiger partial charge on any atom is 0.256 e. The third kappa shape index (κ3) is 5.52. The summed E-state index contributed by atoms with van der Waals surface area (Å²) in [6, 6.07) is 17.6. The van der Waals surface area contributed by atoms with Crippen molar-refractivity contribution in [3.63, 3.8) is 0 Å². The van der Waals surface area contributed by atoms with Gasteiger partial charge in [-0.2, -0.15) is 5.10 Å². The molecule has 3 N–H and O–H groups in total. The second-order valence-corrected chi connectivity index (χ2v) is 9.68. The molecule has 180 valence electrons. The average Bonchev–Trinajstić information content (AvgIpc) is 3.45. The summed E-state index contributed by atoms with van der Waals surface area (Å²) < 4.78 is 5.40. The molecule has 2 amide bonds. The van der Waals surface area contributed by atoms with Crippen LogP contribution in [0.3, 0.4) is 0 Å². The minimum atomic E-state index is -0.215. The third-order valence-corrected chi connectivity index (χ3v) is 7.02. The van der Waals surface area contributed by atoms with Crippen LogP contribution in [-0.4, -0.2) is 48.3 Å². The number of aromatic amines is 1. The molecule has 3 heterocycles. The Morgan fingerprint density at radius 1 is 1.09 bits per heavy atom. The van der Waals surface area contributed by atoms with E-state index in [9.17, 15) is 9.59 Å². The molecule has 0 atom stereocenters. The van der Waals surface area contributed by atoms with E-state index in [4.69, 9.17) is 4.74 Å². The lowest BCUT2D eigenvalue weighted by Gasteiger charge is -2.28. The van der Waals surface area contributed by atoms with E-state index in [1.54, 1.807) is 0 Å². The number of morpholine rings is 1. The van der Waals surface area contributed by atoms with Crippen LogP contribution in [0, 0.1) is 6.92 Å². The van der Waals surface area contributed by atoms with E-state index < -0.39 is 0 Å². The summed E-state index contributed by atoms with van der Waals surface area (Å²) in [5.41, 5.74) is 3.90. The van der Waals surface area contributed by atoms with Crippen molar-refractivity contribution in [2.24, 2.45) is 0 Å². The number of aryl methyl sites for hydroxylation is 1. The van der Waals surface area contributed by atoms with Crippen LogP contribution in [0.2, 0.25) is 0 Å². The van der Waals surface area contributed by atoms with E-state index in [2.05, 4.69) is 25.7 Å². The van der Waals surface area contributed by atoms with Gasteiger partial charge in [0.05, 0.1) is 25.0 Å². The van der Waals surface area contributed by atoms with Crippen LogP contribution in [0.4, 0.5) is 11.5 Å². The van der Waals surface area contributed by atoms with Crippen LogP contribution in [0.1, 0.15) is 26.4 Å². The molecule has 9 heteroatoms. The van der Waals surface area contributed by atoms with Crippen LogP contribution in [0.15, 0.2) is 54.6 Å². The molecule has 35 heavy (non-hydrogen) atoms. The lowest BCUT2D eigenvalue weighted by Crippen LogP contribution is -2.36. The van der Waals surface area contributed by atoms with Gasteiger partial charge >= 0.3 is 0 Å². The summed E-state index contributed by atoms with van der Waals surface area (Å²) in [5.74, 6) is 0.266. The van der Waals surface area contributed by atoms with E-state index in [0.29, 0.717) is 17.9 Å². The molecule has 8 nitrogen and oxygen atoms in total. The number of fused-ring (bicyclic) bond motifs is 1. The Morgan fingerprint density at radius 3 is 2.57 bits per heavy atom.